The molecule has 0 atom stereocenters. The Bertz CT molecular complexity index is 1200. The number of thioether (sulfide) groups is 1. The Morgan fingerprint density at radius 3 is 2.61 bits per heavy atom. The van der Waals surface area contributed by atoms with E-state index in [0.29, 0.717) is 27.3 Å². The highest BCUT2D eigenvalue weighted by Gasteiger charge is 2.18. The molecule has 1 aromatic carbocycles. The number of methoxy groups -OCH3 is 1. The molecule has 3 rings (SSSR count). The summed E-state index contributed by atoms with van der Waals surface area (Å²) in [5.74, 6) is 0.240. The van der Waals surface area contributed by atoms with E-state index in [4.69, 9.17) is 16.3 Å². The molecule has 9 nitrogen and oxygen atoms in total. The fourth-order valence-electron chi connectivity index (χ4n) is 2.78. The van der Waals surface area contributed by atoms with Crippen molar-refractivity contribution in [2.75, 3.05) is 18.2 Å². The molecule has 0 saturated carbocycles. The van der Waals surface area contributed by atoms with Crippen LogP contribution < -0.4 is 21.3 Å². The van der Waals surface area contributed by atoms with Crippen LogP contribution in [0.4, 0.5) is 5.69 Å². The number of ether oxygens (including phenoxy) is 1. The molecular weight excluding hydrogens is 406 g/mol. The van der Waals surface area contributed by atoms with Crippen molar-refractivity contribution in [1.82, 2.24) is 18.7 Å². The van der Waals surface area contributed by atoms with Crippen LogP contribution in [0.5, 0.6) is 5.75 Å². The van der Waals surface area contributed by atoms with Gasteiger partial charge >= 0.3 is 5.69 Å². The molecule has 1 amide bonds. The lowest BCUT2D eigenvalue weighted by Crippen LogP contribution is -2.37. The van der Waals surface area contributed by atoms with Crippen LogP contribution in [0.1, 0.15) is 0 Å². The van der Waals surface area contributed by atoms with Crippen LogP contribution in [0.3, 0.4) is 0 Å². The van der Waals surface area contributed by atoms with Crippen LogP contribution in [0.2, 0.25) is 5.02 Å². The normalized spacial score (nSPS) is 11.0. The summed E-state index contributed by atoms with van der Waals surface area (Å²) in [6.45, 7) is 0. The number of aromatic nitrogens is 4. The van der Waals surface area contributed by atoms with Gasteiger partial charge in [0.25, 0.3) is 5.56 Å². The van der Waals surface area contributed by atoms with Crippen LogP contribution in [0.15, 0.2) is 32.9 Å². The second-order valence-electron chi connectivity index (χ2n) is 6.01. The van der Waals surface area contributed by atoms with E-state index in [1.807, 2.05) is 0 Å². The predicted octanol–water partition coefficient (Wildman–Crippen LogP) is 1.36. The first-order valence-corrected chi connectivity index (χ1v) is 9.49. The molecule has 2 heterocycles. The summed E-state index contributed by atoms with van der Waals surface area (Å²) in [4.78, 5) is 41.1. The average molecular weight is 424 g/mol. The van der Waals surface area contributed by atoms with Crippen molar-refractivity contribution in [3.8, 4) is 5.75 Å². The molecule has 28 heavy (non-hydrogen) atoms. The predicted molar refractivity (Wildman–Crippen MR) is 109 cm³/mol. The number of imidazole rings is 1. The molecule has 0 bridgehead atoms. The maximum atomic E-state index is 12.3. The molecule has 11 heteroatoms. The SMILES string of the molecule is COc1ccc(Cl)cc1NC(=O)CSc1nc2c(=O)n(C)c(=O)n(C)c2n1C. The highest BCUT2D eigenvalue weighted by atomic mass is 35.5. The van der Waals surface area contributed by atoms with E-state index in [1.165, 1.54) is 18.7 Å². The number of anilines is 1. The third-order valence-electron chi connectivity index (χ3n) is 4.19. The summed E-state index contributed by atoms with van der Waals surface area (Å²) in [5.41, 5.74) is 0.109. The van der Waals surface area contributed by atoms with Gasteiger partial charge < -0.3 is 14.6 Å². The van der Waals surface area contributed by atoms with Gasteiger partial charge in [-0.2, -0.15) is 0 Å². The molecular formula is C17H18ClN5O4S. The number of amides is 1. The lowest BCUT2D eigenvalue weighted by Gasteiger charge is -2.10. The highest BCUT2D eigenvalue weighted by molar-refractivity contribution is 7.99. The number of rotatable bonds is 5. The van der Waals surface area contributed by atoms with E-state index < -0.39 is 11.2 Å². The number of hydrogen-bond acceptors (Lipinski definition) is 6. The summed E-state index contributed by atoms with van der Waals surface area (Å²) in [5, 5.41) is 3.65. The third kappa shape index (κ3) is 3.52. The minimum absolute atomic E-state index is 0.0427. The number of hydrogen-bond donors (Lipinski definition) is 1. The summed E-state index contributed by atoms with van der Waals surface area (Å²) >= 11 is 7.12. The molecule has 0 unspecified atom stereocenters. The van der Waals surface area contributed by atoms with E-state index in [9.17, 15) is 14.4 Å². The van der Waals surface area contributed by atoms with Gasteiger partial charge in [0.1, 0.15) is 5.75 Å². The van der Waals surface area contributed by atoms with Crippen molar-refractivity contribution < 1.29 is 9.53 Å². The quantitative estimate of drug-likeness (QED) is 0.622. The first-order valence-electron chi connectivity index (χ1n) is 8.13. The van der Waals surface area contributed by atoms with Crippen molar-refractivity contribution >= 4 is 46.1 Å². The van der Waals surface area contributed by atoms with Gasteiger partial charge in [-0.3, -0.25) is 18.7 Å². The molecule has 2 aromatic heterocycles. The molecule has 0 saturated heterocycles. The van der Waals surface area contributed by atoms with Crippen LogP contribution in [-0.2, 0) is 25.9 Å². The first-order chi connectivity index (χ1) is 13.2. The van der Waals surface area contributed by atoms with Crippen LogP contribution in [-0.4, -0.2) is 37.5 Å². The number of carbonyl (C=O) groups is 1. The van der Waals surface area contributed by atoms with E-state index in [1.54, 1.807) is 36.9 Å². The smallest absolute Gasteiger partial charge is 0.332 e. The molecule has 1 N–H and O–H groups in total. The Hall–Kier alpha value is -2.72. The van der Waals surface area contributed by atoms with Gasteiger partial charge in [0.05, 0.1) is 18.6 Å². The van der Waals surface area contributed by atoms with Crippen molar-refractivity contribution in [3.05, 3.63) is 44.1 Å². The molecule has 0 aliphatic heterocycles. The maximum Gasteiger partial charge on any atom is 0.332 e. The molecule has 0 aliphatic carbocycles. The Morgan fingerprint density at radius 2 is 1.93 bits per heavy atom. The lowest BCUT2D eigenvalue weighted by molar-refractivity contribution is -0.113. The molecule has 0 aliphatic rings. The van der Waals surface area contributed by atoms with Crippen molar-refractivity contribution in [2.24, 2.45) is 21.1 Å². The van der Waals surface area contributed by atoms with Crippen molar-refractivity contribution in [1.29, 1.82) is 0 Å². The monoisotopic (exact) mass is 423 g/mol. The Kier molecular flexibility index (Phi) is 5.52. The second-order valence-corrected chi connectivity index (χ2v) is 7.39. The second kappa shape index (κ2) is 7.72. The Labute approximate surface area is 168 Å². The van der Waals surface area contributed by atoms with Gasteiger partial charge in [0.2, 0.25) is 5.91 Å². The fourth-order valence-corrected chi connectivity index (χ4v) is 3.72. The van der Waals surface area contributed by atoms with Gasteiger partial charge in [-0.05, 0) is 18.2 Å². The molecule has 3 aromatic rings. The van der Waals surface area contributed by atoms with Gasteiger partial charge in [0.15, 0.2) is 16.3 Å². The summed E-state index contributed by atoms with van der Waals surface area (Å²) in [6, 6.07) is 4.92. The Morgan fingerprint density at radius 1 is 1.21 bits per heavy atom. The number of nitrogens with zero attached hydrogens (tertiary/aromatic N) is 4. The van der Waals surface area contributed by atoms with Crippen LogP contribution >= 0.6 is 23.4 Å². The van der Waals surface area contributed by atoms with Crippen LogP contribution in [0.25, 0.3) is 11.2 Å². The van der Waals surface area contributed by atoms with Gasteiger partial charge in [-0.25, -0.2) is 9.78 Å². The molecule has 148 valence electrons. The molecule has 0 fully saturated rings. The maximum absolute atomic E-state index is 12.3. The zero-order valence-electron chi connectivity index (χ0n) is 15.6. The number of halogens is 1. The molecule has 0 spiro atoms. The number of fused-ring (bicyclic) bond motifs is 1. The van der Waals surface area contributed by atoms with Crippen molar-refractivity contribution in [3.63, 3.8) is 0 Å². The summed E-state index contributed by atoms with van der Waals surface area (Å²) < 4.78 is 9.18. The first kappa shape index (κ1) is 20.0. The standard InChI is InChI=1S/C17H18ClN5O4S/c1-21-14-13(15(25)23(3)17(26)22(14)2)20-16(21)28-8-12(24)19-10-7-9(18)5-6-11(10)27-4/h5-7H,8H2,1-4H3,(H,19,24). The minimum atomic E-state index is -0.478. The third-order valence-corrected chi connectivity index (χ3v) is 5.46. The van der Waals surface area contributed by atoms with E-state index in [0.717, 1.165) is 16.3 Å². The van der Waals surface area contributed by atoms with E-state index in [-0.39, 0.29) is 17.2 Å². The number of nitrogens with one attached hydrogen (secondary N) is 1. The molecule has 0 radical (unpaired) electrons. The van der Waals surface area contributed by atoms with E-state index in [2.05, 4.69) is 10.3 Å². The number of aryl methyl sites for hydroxylation is 2. The average Bonchev–Trinajstić information content (AvgIpc) is 3.00. The minimum Gasteiger partial charge on any atom is -0.495 e. The summed E-state index contributed by atoms with van der Waals surface area (Å²) in [7, 11) is 6.15. The highest BCUT2D eigenvalue weighted by Crippen LogP contribution is 2.28. The zero-order valence-corrected chi connectivity index (χ0v) is 17.2. The topological polar surface area (TPSA) is 100 Å². The number of benzene rings is 1. The lowest BCUT2D eigenvalue weighted by atomic mass is 10.3. The largest absolute Gasteiger partial charge is 0.495 e. The fraction of sp³-hybridized carbons (Fsp3) is 0.294. The van der Waals surface area contributed by atoms with E-state index >= 15 is 0 Å². The zero-order chi connectivity index (χ0) is 20.6. The van der Waals surface area contributed by atoms with Gasteiger partial charge in [-0.15, -0.1) is 0 Å². The number of carbonyl (C=O) groups excluding carboxylic acids is 1. The van der Waals surface area contributed by atoms with Gasteiger partial charge in [-0.1, -0.05) is 23.4 Å². The van der Waals surface area contributed by atoms with Crippen LogP contribution in [0, 0.1) is 0 Å². The summed E-state index contributed by atoms with van der Waals surface area (Å²) in [6.07, 6.45) is 0. The Balaban J connectivity index is 1.84. The van der Waals surface area contributed by atoms with Crippen molar-refractivity contribution in [2.45, 2.75) is 5.16 Å². The van der Waals surface area contributed by atoms with Gasteiger partial charge in [0, 0.05) is 26.2 Å².